The van der Waals surface area contributed by atoms with Crippen LogP contribution < -0.4 is 0 Å². The smallest absolute Gasteiger partial charge is 0.270 e. The molecule has 0 aliphatic carbocycles. The summed E-state index contributed by atoms with van der Waals surface area (Å²) >= 11 is 1.72. The Balaban J connectivity index is 1.80. The molecular formula is C19H22FN3O3S2. The Morgan fingerprint density at radius 2 is 2.04 bits per heavy atom. The van der Waals surface area contributed by atoms with Crippen molar-refractivity contribution in [2.24, 2.45) is 0 Å². The number of sulfonamides is 1. The van der Waals surface area contributed by atoms with Crippen LogP contribution in [-0.2, 0) is 16.6 Å². The van der Waals surface area contributed by atoms with Crippen molar-refractivity contribution in [1.29, 1.82) is 0 Å². The molecule has 2 heterocycles. The second-order valence-corrected chi connectivity index (χ2v) is 9.49. The van der Waals surface area contributed by atoms with Gasteiger partial charge in [0.05, 0.1) is 0 Å². The SMILES string of the molecule is C=CCN(Cc1ccccc1F)C(=O)c1cc(S(=O)(=O)N2CCSCC2)c[nH]1. The maximum atomic E-state index is 14.0. The summed E-state index contributed by atoms with van der Waals surface area (Å²) < 4.78 is 40.9. The molecule has 0 radical (unpaired) electrons. The number of nitrogens with zero attached hydrogens (tertiary/aromatic N) is 2. The lowest BCUT2D eigenvalue weighted by Gasteiger charge is -2.25. The molecule has 0 unspecified atom stereocenters. The van der Waals surface area contributed by atoms with E-state index in [0.29, 0.717) is 18.7 Å². The van der Waals surface area contributed by atoms with Crippen molar-refractivity contribution in [2.45, 2.75) is 11.4 Å². The van der Waals surface area contributed by atoms with Gasteiger partial charge in [-0.05, 0) is 12.1 Å². The zero-order chi connectivity index (χ0) is 20.1. The fourth-order valence-electron chi connectivity index (χ4n) is 2.96. The first-order valence-corrected chi connectivity index (χ1v) is 11.4. The van der Waals surface area contributed by atoms with Crippen LogP contribution in [0.3, 0.4) is 0 Å². The largest absolute Gasteiger partial charge is 0.356 e. The summed E-state index contributed by atoms with van der Waals surface area (Å²) in [5.74, 6) is 0.692. The highest BCUT2D eigenvalue weighted by molar-refractivity contribution is 7.99. The van der Waals surface area contributed by atoms with Crippen LogP contribution in [0.1, 0.15) is 16.1 Å². The number of benzene rings is 1. The minimum Gasteiger partial charge on any atom is -0.356 e. The van der Waals surface area contributed by atoms with Gasteiger partial charge in [-0.3, -0.25) is 4.79 Å². The molecule has 0 spiro atoms. The van der Waals surface area contributed by atoms with Gasteiger partial charge in [-0.15, -0.1) is 6.58 Å². The van der Waals surface area contributed by atoms with E-state index in [4.69, 9.17) is 0 Å². The third-order valence-corrected chi connectivity index (χ3v) is 7.27. The first kappa shape index (κ1) is 20.6. The van der Waals surface area contributed by atoms with E-state index in [9.17, 15) is 17.6 Å². The molecule has 1 aromatic heterocycles. The number of H-pyrrole nitrogens is 1. The number of halogens is 1. The Morgan fingerprint density at radius 3 is 2.71 bits per heavy atom. The average Bonchev–Trinajstić information content (AvgIpc) is 3.20. The lowest BCUT2D eigenvalue weighted by Crippen LogP contribution is -2.37. The number of rotatable bonds is 7. The second-order valence-electron chi connectivity index (χ2n) is 6.33. The fraction of sp³-hybridized carbons (Fsp3) is 0.316. The molecule has 1 fully saturated rings. The molecule has 6 nitrogen and oxygen atoms in total. The number of hydrogen-bond donors (Lipinski definition) is 1. The minimum atomic E-state index is -3.64. The van der Waals surface area contributed by atoms with Crippen molar-refractivity contribution in [3.05, 3.63) is 66.3 Å². The van der Waals surface area contributed by atoms with Crippen LogP contribution in [0.15, 0.2) is 54.1 Å². The second kappa shape index (κ2) is 8.93. The predicted molar refractivity (Wildman–Crippen MR) is 108 cm³/mol. The first-order valence-electron chi connectivity index (χ1n) is 8.83. The molecule has 0 atom stereocenters. The summed E-state index contributed by atoms with van der Waals surface area (Å²) in [5, 5.41) is 0. The Kier molecular flexibility index (Phi) is 6.58. The van der Waals surface area contributed by atoms with Crippen LogP contribution in [-0.4, -0.2) is 59.7 Å². The van der Waals surface area contributed by atoms with E-state index in [1.54, 1.807) is 36.0 Å². The Labute approximate surface area is 168 Å². The van der Waals surface area contributed by atoms with Crippen LogP contribution in [0.5, 0.6) is 0 Å². The van der Waals surface area contributed by atoms with Gasteiger partial charge in [0, 0.05) is 49.4 Å². The van der Waals surface area contributed by atoms with E-state index < -0.39 is 21.7 Å². The van der Waals surface area contributed by atoms with Gasteiger partial charge < -0.3 is 9.88 Å². The minimum absolute atomic E-state index is 0.0575. The van der Waals surface area contributed by atoms with Crippen molar-refractivity contribution < 1.29 is 17.6 Å². The molecule has 0 bridgehead atoms. The van der Waals surface area contributed by atoms with Gasteiger partial charge >= 0.3 is 0 Å². The normalized spacial score (nSPS) is 15.3. The lowest BCUT2D eigenvalue weighted by atomic mass is 10.2. The zero-order valence-corrected chi connectivity index (χ0v) is 16.9. The standard InChI is InChI=1S/C19H22FN3O3S2/c1-2-7-22(14-15-5-3-4-6-17(15)20)19(24)18-12-16(13-21-18)28(25,26)23-8-10-27-11-9-23/h2-6,12-13,21H,1,7-11,14H2. The fourth-order valence-corrected chi connectivity index (χ4v) is 5.53. The number of carbonyl (C=O) groups excluding carboxylic acids is 1. The third-order valence-electron chi connectivity index (χ3n) is 4.45. The van der Waals surface area contributed by atoms with Crippen LogP contribution in [0, 0.1) is 5.82 Å². The molecule has 9 heteroatoms. The highest BCUT2D eigenvalue weighted by Crippen LogP contribution is 2.22. The Hall–Kier alpha value is -2.10. The topological polar surface area (TPSA) is 73.5 Å². The molecule has 3 rings (SSSR count). The van der Waals surface area contributed by atoms with Crippen LogP contribution >= 0.6 is 11.8 Å². The molecular weight excluding hydrogens is 401 g/mol. The highest BCUT2D eigenvalue weighted by Gasteiger charge is 2.28. The molecule has 1 aromatic carbocycles. The molecule has 28 heavy (non-hydrogen) atoms. The van der Waals surface area contributed by atoms with Gasteiger partial charge in [-0.25, -0.2) is 12.8 Å². The number of aromatic nitrogens is 1. The van der Waals surface area contributed by atoms with E-state index in [2.05, 4.69) is 11.6 Å². The molecule has 1 saturated heterocycles. The van der Waals surface area contributed by atoms with Gasteiger partial charge in [0.1, 0.15) is 16.4 Å². The van der Waals surface area contributed by atoms with Gasteiger partial charge in [-0.2, -0.15) is 16.1 Å². The Morgan fingerprint density at radius 1 is 1.32 bits per heavy atom. The number of aromatic amines is 1. The van der Waals surface area contributed by atoms with E-state index in [1.165, 1.54) is 27.5 Å². The number of hydrogen-bond acceptors (Lipinski definition) is 4. The number of carbonyl (C=O) groups is 1. The summed E-state index contributed by atoms with van der Waals surface area (Å²) in [6.07, 6.45) is 2.88. The van der Waals surface area contributed by atoms with Crippen molar-refractivity contribution in [2.75, 3.05) is 31.1 Å². The summed E-state index contributed by atoms with van der Waals surface area (Å²) in [6, 6.07) is 7.57. The number of amides is 1. The monoisotopic (exact) mass is 423 g/mol. The summed E-state index contributed by atoms with van der Waals surface area (Å²) in [7, 11) is -3.64. The average molecular weight is 424 g/mol. The van der Waals surface area contributed by atoms with Gasteiger partial charge in [-0.1, -0.05) is 24.3 Å². The van der Waals surface area contributed by atoms with Crippen molar-refractivity contribution >= 4 is 27.7 Å². The number of nitrogens with one attached hydrogen (secondary N) is 1. The van der Waals surface area contributed by atoms with E-state index in [1.807, 2.05) is 0 Å². The van der Waals surface area contributed by atoms with Crippen molar-refractivity contribution in [1.82, 2.24) is 14.2 Å². The Bertz CT molecular complexity index is 953. The van der Waals surface area contributed by atoms with Crippen molar-refractivity contribution in [3.8, 4) is 0 Å². The van der Waals surface area contributed by atoms with Crippen LogP contribution in [0.4, 0.5) is 4.39 Å². The molecule has 150 valence electrons. The lowest BCUT2D eigenvalue weighted by molar-refractivity contribution is 0.0756. The molecule has 0 saturated carbocycles. The van der Waals surface area contributed by atoms with Gasteiger partial charge in [0.15, 0.2) is 0 Å². The van der Waals surface area contributed by atoms with E-state index >= 15 is 0 Å². The molecule has 2 aromatic rings. The number of thioether (sulfide) groups is 1. The van der Waals surface area contributed by atoms with E-state index in [0.717, 1.165) is 11.5 Å². The maximum Gasteiger partial charge on any atom is 0.270 e. The van der Waals surface area contributed by atoms with Crippen LogP contribution in [0.25, 0.3) is 0 Å². The summed E-state index contributed by atoms with van der Waals surface area (Å²) in [4.78, 5) is 17.1. The quantitative estimate of drug-likeness (QED) is 0.695. The summed E-state index contributed by atoms with van der Waals surface area (Å²) in [6.45, 7) is 4.82. The molecule has 1 amide bonds. The first-order chi connectivity index (χ1) is 13.4. The van der Waals surface area contributed by atoms with Gasteiger partial charge in [0.2, 0.25) is 10.0 Å². The highest BCUT2D eigenvalue weighted by atomic mass is 32.2. The molecule has 1 aliphatic heterocycles. The molecule has 1 aliphatic rings. The third kappa shape index (κ3) is 4.48. The predicted octanol–water partition coefficient (Wildman–Crippen LogP) is 2.72. The van der Waals surface area contributed by atoms with Crippen LogP contribution in [0.2, 0.25) is 0 Å². The zero-order valence-electron chi connectivity index (χ0n) is 15.3. The van der Waals surface area contributed by atoms with E-state index in [-0.39, 0.29) is 23.7 Å². The summed E-state index contributed by atoms with van der Waals surface area (Å²) in [5.41, 5.74) is 0.520. The van der Waals surface area contributed by atoms with Gasteiger partial charge in [0.25, 0.3) is 5.91 Å². The molecule has 1 N–H and O–H groups in total. The maximum absolute atomic E-state index is 14.0. The van der Waals surface area contributed by atoms with Crippen molar-refractivity contribution in [3.63, 3.8) is 0 Å².